The smallest absolute Gasteiger partial charge is 0.236 e. The number of hydrogen-bond acceptors (Lipinski definition) is 5. The van der Waals surface area contributed by atoms with Gasteiger partial charge < -0.3 is 25.0 Å². The van der Waals surface area contributed by atoms with Crippen molar-refractivity contribution < 1.29 is 14.6 Å². The monoisotopic (exact) mass is 545 g/mol. The van der Waals surface area contributed by atoms with E-state index in [2.05, 4.69) is 20.1 Å². The summed E-state index contributed by atoms with van der Waals surface area (Å²) in [6, 6.07) is 9.99. The number of morpholine rings is 1. The zero-order valence-corrected chi connectivity index (χ0v) is 20.7. The number of ether oxygens (including phenoxy) is 1. The number of aliphatic hydroxyl groups is 1. The lowest BCUT2D eigenvalue weighted by molar-refractivity contribution is -0.136. The first kappa shape index (κ1) is 25.8. The molecule has 2 aliphatic heterocycles. The number of rotatable bonds is 7. The van der Waals surface area contributed by atoms with Crippen molar-refractivity contribution in [2.75, 3.05) is 72.1 Å². The lowest BCUT2D eigenvalue weighted by Gasteiger charge is -2.37. The van der Waals surface area contributed by atoms with Gasteiger partial charge in [0.25, 0.3) is 0 Å². The van der Waals surface area contributed by atoms with Crippen LogP contribution in [0.25, 0.3) is 0 Å². The van der Waals surface area contributed by atoms with Crippen LogP contribution in [-0.2, 0) is 16.0 Å². The van der Waals surface area contributed by atoms with E-state index in [4.69, 9.17) is 4.74 Å². The van der Waals surface area contributed by atoms with Gasteiger partial charge in [-0.25, -0.2) is 0 Å². The third-order valence-electron chi connectivity index (χ3n) is 5.50. The van der Waals surface area contributed by atoms with E-state index in [-0.39, 0.29) is 29.9 Å². The molecule has 0 radical (unpaired) electrons. The zero-order chi connectivity index (χ0) is 21.2. The van der Waals surface area contributed by atoms with Crippen LogP contribution in [0.5, 0.6) is 0 Å². The Balaban J connectivity index is 0.00000341. The van der Waals surface area contributed by atoms with E-state index in [1.807, 2.05) is 42.2 Å². The molecule has 1 atom stereocenters. The molecule has 1 aromatic carbocycles. The largest absolute Gasteiger partial charge is 0.391 e. The lowest BCUT2D eigenvalue weighted by Crippen LogP contribution is -2.55. The van der Waals surface area contributed by atoms with Crippen LogP contribution >= 0.6 is 24.0 Å². The summed E-state index contributed by atoms with van der Waals surface area (Å²) in [4.78, 5) is 23.5. The summed E-state index contributed by atoms with van der Waals surface area (Å²) >= 11 is 0. The fourth-order valence-electron chi connectivity index (χ4n) is 3.79. The number of hydrogen-bond donors (Lipinski definition) is 2. The highest BCUT2D eigenvalue weighted by Gasteiger charge is 2.24. The first-order valence-electron chi connectivity index (χ1n) is 11.0. The Kier molecular flexibility index (Phi) is 11.6. The maximum atomic E-state index is 12.5. The van der Waals surface area contributed by atoms with Crippen molar-refractivity contribution >= 4 is 35.8 Å². The van der Waals surface area contributed by atoms with E-state index < -0.39 is 6.10 Å². The number of piperazine rings is 1. The number of carbonyl (C=O) groups excluding carboxylic acids is 1. The Morgan fingerprint density at radius 2 is 1.77 bits per heavy atom. The van der Waals surface area contributed by atoms with Gasteiger partial charge in [0.05, 0.1) is 32.4 Å². The molecule has 0 saturated carbocycles. The molecular formula is C22H36IN5O3. The van der Waals surface area contributed by atoms with Gasteiger partial charge in [-0.05, 0) is 12.5 Å². The summed E-state index contributed by atoms with van der Waals surface area (Å²) in [6.07, 6.45) is 0.0924. The van der Waals surface area contributed by atoms with Gasteiger partial charge in [-0.15, -0.1) is 24.0 Å². The molecular weight excluding hydrogens is 509 g/mol. The van der Waals surface area contributed by atoms with Crippen LogP contribution in [0.15, 0.2) is 35.3 Å². The Morgan fingerprint density at radius 3 is 2.42 bits per heavy atom. The number of nitrogens with one attached hydrogen (secondary N) is 1. The highest BCUT2D eigenvalue weighted by molar-refractivity contribution is 14.0. The van der Waals surface area contributed by atoms with Crippen molar-refractivity contribution in [2.45, 2.75) is 19.4 Å². The molecule has 0 spiro atoms. The number of benzene rings is 1. The summed E-state index contributed by atoms with van der Waals surface area (Å²) in [7, 11) is 0. The fraction of sp³-hybridized carbons (Fsp3) is 0.636. The number of carbonyl (C=O) groups is 1. The standard InChI is InChI=1S/C22H35N5O3.HI/c1-2-23-22(24-17-20(28)16-19-6-4-3-5-7-19)27-10-8-25(9-11-27)18-21(29)26-12-14-30-15-13-26;/h3-7,20,28H,2,8-18H2,1H3,(H,23,24);1H. The minimum Gasteiger partial charge on any atom is -0.391 e. The molecule has 2 aliphatic rings. The van der Waals surface area contributed by atoms with Crippen molar-refractivity contribution in [2.24, 2.45) is 4.99 Å². The lowest BCUT2D eigenvalue weighted by atomic mass is 10.1. The van der Waals surface area contributed by atoms with Crippen LogP contribution in [0.3, 0.4) is 0 Å². The van der Waals surface area contributed by atoms with Gasteiger partial charge in [0.2, 0.25) is 5.91 Å². The summed E-state index contributed by atoms with van der Waals surface area (Å²) in [6.45, 7) is 9.62. The first-order valence-corrected chi connectivity index (χ1v) is 11.0. The second-order valence-electron chi connectivity index (χ2n) is 7.79. The van der Waals surface area contributed by atoms with Crippen molar-refractivity contribution in [3.05, 3.63) is 35.9 Å². The number of halogens is 1. The number of amides is 1. The first-order chi connectivity index (χ1) is 14.7. The molecule has 3 rings (SSSR count). The van der Waals surface area contributed by atoms with Gasteiger partial charge in [0.1, 0.15) is 0 Å². The van der Waals surface area contributed by atoms with Crippen molar-refractivity contribution in [1.82, 2.24) is 20.0 Å². The maximum Gasteiger partial charge on any atom is 0.236 e. The van der Waals surface area contributed by atoms with E-state index in [0.717, 1.165) is 44.2 Å². The van der Waals surface area contributed by atoms with E-state index in [9.17, 15) is 9.90 Å². The van der Waals surface area contributed by atoms with Crippen LogP contribution in [-0.4, -0.2) is 110 Å². The molecule has 2 N–H and O–H groups in total. The normalized spacial score (nSPS) is 19.0. The molecule has 8 nitrogen and oxygen atoms in total. The Labute approximate surface area is 202 Å². The Hall–Kier alpha value is -1.43. The molecule has 1 aromatic rings. The van der Waals surface area contributed by atoms with Gasteiger partial charge in [0, 0.05) is 52.2 Å². The SMILES string of the molecule is CCNC(=NCC(O)Cc1ccccc1)N1CCN(CC(=O)N2CCOCC2)CC1.I. The van der Waals surface area contributed by atoms with Crippen LogP contribution < -0.4 is 5.32 Å². The minimum atomic E-state index is -0.506. The van der Waals surface area contributed by atoms with Crippen LogP contribution in [0, 0.1) is 0 Å². The summed E-state index contributed by atoms with van der Waals surface area (Å²) in [5, 5.41) is 13.7. The average molecular weight is 545 g/mol. The number of aliphatic hydroxyl groups excluding tert-OH is 1. The maximum absolute atomic E-state index is 12.5. The van der Waals surface area contributed by atoms with Gasteiger partial charge in [0.15, 0.2) is 5.96 Å². The fourth-order valence-corrected chi connectivity index (χ4v) is 3.79. The van der Waals surface area contributed by atoms with Gasteiger partial charge in [-0.1, -0.05) is 30.3 Å². The molecule has 1 unspecified atom stereocenters. The topological polar surface area (TPSA) is 80.6 Å². The predicted octanol–water partition coefficient (Wildman–Crippen LogP) is 0.650. The van der Waals surface area contributed by atoms with Gasteiger partial charge >= 0.3 is 0 Å². The molecule has 0 aliphatic carbocycles. The second-order valence-corrected chi connectivity index (χ2v) is 7.79. The van der Waals surface area contributed by atoms with Gasteiger partial charge in [-0.2, -0.15) is 0 Å². The van der Waals surface area contributed by atoms with Crippen molar-refractivity contribution in [3.8, 4) is 0 Å². The predicted molar refractivity (Wildman–Crippen MR) is 133 cm³/mol. The Morgan fingerprint density at radius 1 is 1.10 bits per heavy atom. The summed E-state index contributed by atoms with van der Waals surface area (Å²) < 4.78 is 5.32. The van der Waals surface area contributed by atoms with E-state index in [1.165, 1.54) is 0 Å². The Bertz CT molecular complexity index is 677. The minimum absolute atomic E-state index is 0. The molecule has 9 heteroatoms. The third kappa shape index (κ3) is 8.55. The molecule has 0 aromatic heterocycles. The van der Waals surface area contributed by atoms with Crippen LogP contribution in [0.4, 0.5) is 0 Å². The molecule has 0 bridgehead atoms. The number of aliphatic imine (C=N–C) groups is 1. The highest BCUT2D eigenvalue weighted by atomic mass is 127. The number of guanidine groups is 1. The van der Waals surface area contributed by atoms with E-state index in [1.54, 1.807) is 0 Å². The van der Waals surface area contributed by atoms with Crippen molar-refractivity contribution in [1.29, 1.82) is 0 Å². The van der Waals surface area contributed by atoms with E-state index in [0.29, 0.717) is 45.8 Å². The molecule has 1 amide bonds. The zero-order valence-electron chi connectivity index (χ0n) is 18.4. The molecule has 2 fully saturated rings. The van der Waals surface area contributed by atoms with E-state index >= 15 is 0 Å². The van der Waals surface area contributed by atoms with Gasteiger partial charge in [-0.3, -0.25) is 14.7 Å². The average Bonchev–Trinajstić information content (AvgIpc) is 2.78. The highest BCUT2D eigenvalue weighted by Crippen LogP contribution is 2.07. The van der Waals surface area contributed by atoms with Crippen molar-refractivity contribution in [3.63, 3.8) is 0 Å². The molecule has 2 heterocycles. The molecule has 31 heavy (non-hydrogen) atoms. The van der Waals surface area contributed by atoms with Crippen LogP contribution in [0.2, 0.25) is 0 Å². The second kappa shape index (κ2) is 13.9. The summed E-state index contributed by atoms with van der Waals surface area (Å²) in [5.74, 6) is 1.03. The third-order valence-corrected chi connectivity index (χ3v) is 5.50. The number of nitrogens with zero attached hydrogens (tertiary/aromatic N) is 4. The summed E-state index contributed by atoms with van der Waals surface area (Å²) in [5.41, 5.74) is 1.11. The molecule has 174 valence electrons. The molecule has 2 saturated heterocycles. The quantitative estimate of drug-likeness (QED) is 0.298. The van der Waals surface area contributed by atoms with Crippen LogP contribution in [0.1, 0.15) is 12.5 Å².